The molecule has 2 aromatic carbocycles. The molecule has 0 saturated carbocycles. The number of amides is 1. The van der Waals surface area contributed by atoms with E-state index in [4.69, 9.17) is 0 Å². The van der Waals surface area contributed by atoms with Crippen molar-refractivity contribution in [2.45, 2.75) is 44.1 Å². The van der Waals surface area contributed by atoms with Gasteiger partial charge in [0.05, 0.1) is 0 Å². The number of hydrogen-bond donors (Lipinski definition) is 0. The van der Waals surface area contributed by atoms with E-state index in [0.29, 0.717) is 0 Å². The fourth-order valence-electron chi connectivity index (χ4n) is 4.83. The van der Waals surface area contributed by atoms with E-state index in [0.717, 1.165) is 63.0 Å². The minimum absolute atomic E-state index is 0.265. The first-order chi connectivity index (χ1) is 13.3. The second-order valence-electron chi connectivity index (χ2n) is 7.84. The summed E-state index contributed by atoms with van der Waals surface area (Å²) in [6, 6.07) is 20.9. The van der Waals surface area contributed by atoms with Gasteiger partial charge >= 0.3 is 0 Å². The standard InChI is InChI=1S/C24H30N2O/c27-23(25-17-9-3-10-18-25)24(21-13-5-1-6-14-21,22-15-7-2-8-16-22)26-19-11-4-12-20-26/h1-2,5-8,13-16H,3-4,9-12,17-20H2. The first-order valence-electron chi connectivity index (χ1n) is 10.5. The van der Waals surface area contributed by atoms with Gasteiger partial charge in [-0.2, -0.15) is 0 Å². The van der Waals surface area contributed by atoms with Crippen LogP contribution in [0.5, 0.6) is 0 Å². The van der Waals surface area contributed by atoms with Gasteiger partial charge in [0.25, 0.3) is 5.91 Å². The van der Waals surface area contributed by atoms with Gasteiger partial charge < -0.3 is 4.90 Å². The average Bonchev–Trinajstić information content (AvgIpc) is 2.77. The SMILES string of the molecule is O=C(N1CCCCC1)C(c1ccccc1)(c1ccccc1)N1CCCCC1. The van der Waals surface area contributed by atoms with E-state index in [2.05, 4.69) is 58.3 Å². The van der Waals surface area contributed by atoms with Crippen LogP contribution >= 0.6 is 0 Å². The van der Waals surface area contributed by atoms with Crippen molar-refractivity contribution in [2.24, 2.45) is 0 Å². The Bertz CT molecular complexity index is 692. The third-order valence-electron chi connectivity index (χ3n) is 6.17. The summed E-state index contributed by atoms with van der Waals surface area (Å²) in [6.45, 7) is 3.72. The molecule has 0 N–H and O–H groups in total. The first-order valence-corrected chi connectivity index (χ1v) is 10.5. The molecule has 2 aromatic rings. The Balaban J connectivity index is 1.89. The molecule has 0 aromatic heterocycles. The summed E-state index contributed by atoms with van der Waals surface area (Å²) < 4.78 is 0. The summed E-state index contributed by atoms with van der Waals surface area (Å²) in [5, 5.41) is 0. The molecule has 142 valence electrons. The summed E-state index contributed by atoms with van der Waals surface area (Å²) in [5.41, 5.74) is 1.50. The van der Waals surface area contributed by atoms with E-state index in [9.17, 15) is 4.79 Å². The lowest BCUT2D eigenvalue weighted by molar-refractivity contribution is -0.144. The molecular formula is C24H30N2O. The molecular weight excluding hydrogens is 332 g/mol. The van der Waals surface area contributed by atoms with Crippen LogP contribution in [-0.4, -0.2) is 41.9 Å². The number of rotatable bonds is 4. The molecule has 2 aliphatic rings. The molecule has 1 amide bonds. The summed E-state index contributed by atoms with van der Waals surface area (Å²) in [7, 11) is 0. The van der Waals surface area contributed by atoms with E-state index in [1.54, 1.807) is 0 Å². The van der Waals surface area contributed by atoms with Gasteiger partial charge in [-0.1, -0.05) is 67.1 Å². The lowest BCUT2D eigenvalue weighted by Gasteiger charge is -2.48. The van der Waals surface area contributed by atoms with Crippen LogP contribution in [0, 0.1) is 0 Å². The van der Waals surface area contributed by atoms with Crippen molar-refractivity contribution in [3.05, 3.63) is 71.8 Å². The van der Waals surface area contributed by atoms with Crippen LogP contribution < -0.4 is 0 Å². The van der Waals surface area contributed by atoms with Gasteiger partial charge in [0.15, 0.2) is 5.54 Å². The number of nitrogens with zero attached hydrogens (tertiary/aromatic N) is 2. The van der Waals surface area contributed by atoms with Crippen LogP contribution in [0.15, 0.2) is 60.7 Å². The zero-order valence-corrected chi connectivity index (χ0v) is 16.1. The predicted octanol–water partition coefficient (Wildman–Crippen LogP) is 4.43. The maximum Gasteiger partial charge on any atom is 0.252 e. The third kappa shape index (κ3) is 3.41. The Morgan fingerprint density at radius 2 is 1.07 bits per heavy atom. The quantitative estimate of drug-likeness (QED) is 0.803. The molecule has 2 saturated heterocycles. The molecule has 0 bridgehead atoms. The molecule has 3 nitrogen and oxygen atoms in total. The van der Waals surface area contributed by atoms with Crippen LogP contribution in [0.4, 0.5) is 0 Å². The van der Waals surface area contributed by atoms with Gasteiger partial charge in [0.2, 0.25) is 0 Å². The van der Waals surface area contributed by atoms with Crippen molar-refractivity contribution in [3.8, 4) is 0 Å². The molecule has 27 heavy (non-hydrogen) atoms. The van der Waals surface area contributed by atoms with Gasteiger partial charge in [-0.3, -0.25) is 9.69 Å². The van der Waals surface area contributed by atoms with Crippen molar-refractivity contribution in [1.82, 2.24) is 9.80 Å². The third-order valence-corrected chi connectivity index (χ3v) is 6.17. The van der Waals surface area contributed by atoms with Crippen LogP contribution in [-0.2, 0) is 10.3 Å². The Morgan fingerprint density at radius 1 is 0.630 bits per heavy atom. The fraction of sp³-hybridized carbons (Fsp3) is 0.458. The number of piperidine rings is 2. The second-order valence-corrected chi connectivity index (χ2v) is 7.84. The zero-order valence-electron chi connectivity index (χ0n) is 16.1. The van der Waals surface area contributed by atoms with Crippen molar-refractivity contribution in [1.29, 1.82) is 0 Å². The highest BCUT2D eigenvalue weighted by Crippen LogP contribution is 2.40. The van der Waals surface area contributed by atoms with Crippen molar-refractivity contribution in [2.75, 3.05) is 26.2 Å². The molecule has 0 radical (unpaired) electrons. The Kier molecular flexibility index (Phi) is 5.58. The van der Waals surface area contributed by atoms with Gasteiger partial charge in [0, 0.05) is 13.1 Å². The summed E-state index contributed by atoms with van der Waals surface area (Å²) in [4.78, 5) is 18.8. The highest BCUT2D eigenvalue weighted by atomic mass is 16.2. The van der Waals surface area contributed by atoms with E-state index >= 15 is 0 Å². The maximum atomic E-state index is 14.2. The van der Waals surface area contributed by atoms with Gasteiger partial charge in [-0.25, -0.2) is 0 Å². The van der Waals surface area contributed by atoms with Gasteiger partial charge in [-0.05, 0) is 56.3 Å². The highest BCUT2D eigenvalue weighted by molar-refractivity contribution is 5.91. The van der Waals surface area contributed by atoms with Crippen molar-refractivity contribution >= 4 is 5.91 Å². The van der Waals surface area contributed by atoms with Crippen molar-refractivity contribution < 1.29 is 4.79 Å². The average molecular weight is 363 g/mol. The largest absolute Gasteiger partial charge is 0.340 e. The molecule has 3 heteroatoms. The minimum Gasteiger partial charge on any atom is -0.340 e. The number of benzene rings is 2. The van der Waals surface area contributed by atoms with Gasteiger partial charge in [0.1, 0.15) is 0 Å². The zero-order chi connectivity index (χ0) is 18.5. The summed E-state index contributed by atoms with van der Waals surface area (Å²) in [6.07, 6.45) is 7.05. The van der Waals surface area contributed by atoms with Crippen LogP contribution in [0.3, 0.4) is 0 Å². The second kappa shape index (κ2) is 8.26. The van der Waals surface area contributed by atoms with Crippen LogP contribution in [0.25, 0.3) is 0 Å². The molecule has 2 fully saturated rings. The Hall–Kier alpha value is -2.13. The Morgan fingerprint density at radius 3 is 1.56 bits per heavy atom. The van der Waals surface area contributed by atoms with Crippen molar-refractivity contribution in [3.63, 3.8) is 0 Å². The number of likely N-dealkylation sites (tertiary alicyclic amines) is 2. The molecule has 2 heterocycles. The molecule has 0 unspecified atom stereocenters. The van der Waals surface area contributed by atoms with Crippen LogP contribution in [0.2, 0.25) is 0 Å². The molecule has 0 spiro atoms. The lowest BCUT2D eigenvalue weighted by Crippen LogP contribution is -2.60. The summed E-state index contributed by atoms with van der Waals surface area (Å²) in [5.74, 6) is 0.265. The Labute approximate surface area is 163 Å². The highest BCUT2D eigenvalue weighted by Gasteiger charge is 2.49. The van der Waals surface area contributed by atoms with E-state index < -0.39 is 5.54 Å². The number of carbonyl (C=O) groups excluding carboxylic acids is 1. The monoisotopic (exact) mass is 362 g/mol. The maximum absolute atomic E-state index is 14.2. The summed E-state index contributed by atoms with van der Waals surface area (Å²) >= 11 is 0. The van der Waals surface area contributed by atoms with E-state index in [-0.39, 0.29) is 5.91 Å². The smallest absolute Gasteiger partial charge is 0.252 e. The van der Waals surface area contributed by atoms with E-state index in [1.807, 2.05) is 12.1 Å². The van der Waals surface area contributed by atoms with Crippen LogP contribution in [0.1, 0.15) is 49.7 Å². The van der Waals surface area contributed by atoms with Gasteiger partial charge in [-0.15, -0.1) is 0 Å². The van der Waals surface area contributed by atoms with E-state index in [1.165, 1.54) is 12.8 Å². The predicted molar refractivity (Wildman–Crippen MR) is 110 cm³/mol. The molecule has 0 atom stereocenters. The topological polar surface area (TPSA) is 23.6 Å². The first kappa shape index (κ1) is 18.2. The minimum atomic E-state index is -0.708. The fourth-order valence-corrected chi connectivity index (χ4v) is 4.83. The number of hydrogen-bond acceptors (Lipinski definition) is 2. The number of carbonyl (C=O) groups is 1. The molecule has 0 aliphatic carbocycles. The normalized spacial score (nSPS) is 19.0. The molecule has 2 aliphatic heterocycles. The lowest BCUT2D eigenvalue weighted by atomic mass is 9.78. The molecule has 4 rings (SSSR count).